The molecule has 0 aliphatic rings. The van der Waals surface area contributed by atoms with Gasteiger partial charge < -0.3 is 24.4 Å². The first-order valence-electron chi connectivity index (χ1n) is 7.68. The average molecular weight is 358 g/mol. The molecule has 0 aliphatic carbocycles. The summed E-state index contributed by atoms with van der Waals surface area (Å²) in [5.41, 5.74) is 0.683. The quantitative estimate of drug-likeness (QED) is 0.445. The molecule has 0 unspecified atom stereocenters. The maximum absolute atomic E-state index is 11.7. The molecule has 0 fully saturated rings. The molecule has 2 rings (SSSR count). The molecule has 2 N–H and O–H groups in total. The first-order valence-corrected chi connectivity index (χ1v) is 7.68. The van der Waals surface area contributed by atoms with Gasteiger partial charge in [-0.05, 0) is 35.9 Å². The molecule has 0 amide bonds. The number of para-hydroxylation sites is 1. The number of carbonyl (C=O) groups is 2. The van der Waals surface area contributed by atoms with Crippen LogP contribution < -0.4 is 4.74 Å². The highest BCUT2D eigenvalue weighted by Gasteiger charge is 2.11. The van der Waals surface area contributed by atoms with Crippen molar-refractivity contribution in [1.29, 1.82) is 0 Å². The molecule has 0 atom stereocenters. The van der Waals surface area contributed by atoms with Crippen molar-refractivity contribution in [3.05, 3.63) is 59.7 Å². The summed E-state index contributed by atoms with van der Waals surface area (Å²) in [6.45, 7) is -0.263. The molecule has 0 spiro atoms. The maximum Gasteiger partial charge on any atom is 0.342 e. The number of phenols is 2. The zero-order valence-corrected chi connectivity index (χ0v) is 14.0. The number of phenolic OH excluding ortho intramolecular Hbond substituents is 2. The van der Waals surface area contributed by atoms with Crippen LogP contribution >= 0.6 is 0 Å². The Labute approximate surface area is 150 Å². The molecular weight excluding hydrogens is 340 g/mol. The van der Waals surface area contributed by atoms with Gasteiger partial charge >= 0.3 is 11.9 Å². The van der Waals surface area contributed by atoms with E-state index in [1.807, 2.05) is 0 Å². The Kier molecular flexibility index (Phi) is 6.61. The van der Waals surface area contributed by atoms with Crippen LogP contribution in [0.3, 0.4) is 0 Å². The second-order valence-electron chi connectivity index (χ2n) is 5.09. The SMILES string of the molecule is COc1cc(/C=C/C(=O)OCCOC(=O)c2ccccc2O)ccc1O. The van der Waals surface area contributed by atoms with Crippen LogP contribution in [0, 0.1) is 0 Å². The molecule has 0 radical (unpaired) electrons. The summed E-state index contributed by atoms with van der Waals surface area (Å²) in [6.07, 6.45) is 2.70. The van der Waals surface area contributed by atoms with Crippen molar-refractivity contribution < 1.29 is 34.0 Å². The number of methoxy groups -OCH3 is 1. The minimum Gasteiger partial charge on any atom is -0.507 e. The number of aromatic hydroxyl groups is 2. The lowest BCUT2D eigenvalue weighted by Gasteiger charge is -2.06. The first-order chi connectivity index (χ1) is 12.5. The fourth-order valence-electron chi connectivity index (χ4n) is 2.01. The van der Waals surface area contributed by atoms with Gasteiger partial charge in [0.1, 0.15) is 24.5 Å². The Morgan fingerprint density at radius 2 is 1.73 bits per heavy atom. The van der Waals surface area contributed by atoms with Crippen molar-refractivity contribution >= 4 is 18.0 Å². The van der Waals surface area contributed by atoms with Crippen molar-refractivity contribution in [2.75, 3.05) is 20.3 Å². The smallest absolute Gasteiger partial charge is 0.342 e. The van der Waals surface area contributed by atoms with Gasteiger partial charge in [-0.25, -0.2) is 9.59 Å². The lowest BCUT2D eigenvalue weighted by atomic mass is 10.2. The van der Waals surface area contributed by atoms with Crippen LogP contribution in [0.15, 0.2) is 48.5 Å². The van der Waals surface area contributed by atoms with E-state index in [1.54, 1.807) is 24.3 Å². The van der Waals surface area contributed by atoms with Crippen molar-refractivity contribution in [2.24, 2.45) is 0 Å². The molecule has 2 aromatic rings. The molecule has 0 saturated heterocycles. The van der Waals surface area contributed by atoms with E-state index >= 15 is 0 Å². The largest absolute Gasteiger partial charge is 0.507 e. The minimum atomic E-state index is -0.703. The summed E-state index contributed by atoms with van der Waals surface area (Å²) in [5.74, 6) is -1.21. The van der Waals surface area contributed by atoms with Gasteiger partial charge in [-0.15, -0.1) is 0 Å². The Hall–Kier alpha value is -3.48. The van der Waals surface area contributed by atoms with Gasteiger partial charge in [0.05, 0.1) is 7.11 Å². The van der Waals surface area contributed by atoms with Crippen LogP contribution in [0.1, 0.15) is 15.9 Å². The topological polar surface area (TPSA) is 102 Å². The number of hydrogen-bond donors (Lipinski definition) is 2. The van der Waals surface area contributed by atoms with Crippen LogP contribution in [-0.2, 0) is 14.3 Å². The van der Waals surface area contributed by atoms with Crippen molar-refractivity contribution in [1.82, 2.24) is 0 Å². The molecule has 0 aromatic heterocycles. The lowest BCUT2D eigenvalue weighted by Crippen LogP contribution is -2.13. The molecular formula is C19H18O7. The van der Waals surface area contributed by atoms with Gasteiger partial charge in [-0.2, -0.15) is 0 Å². The van der Waals surface area contributed by atoms with E-state index in [0.29, 0.717) is 5.56 Å². The first kappa shape index (κ1) is 18.9. The average Bonchev–Trinajstić information content (AvgIpc) is 2.64. The summed E-state index contributed by atoms with van der Waals surface area (Å²) in [5, 5.41) is 19.0. The monoisotopic (exact) mass is 358 g/mol. The number of esters is 2. The summed E-state index contributed by atoms with van der Waals surface area (Å²) < 4.78 is 14.8. The molecule has 0 aliphatic heterocycles. The number of ether oxygens (including phenoxy) is 3. The number of rotatable bonds is 7. The van der Waals surface area contributed by atoms with Gasteiger partial charge in [-0.3, -0.25) is 0 Å². The Balaban J connectivity index is 1.77. The summed E-state index contributed by atoms with van der Waals surface area (Å²) >= 11 is 0. The molecule has 0 heterocycles. The van der Waals surface area contributed by atoms with Gasteiger partial charge in [0.25, 0.3) is 0 Å². The van der Waals surface area contributed by atoms with Gasteiger partial charge in [0, 0.05) is 6.08 Å². The summed E-state index contributed by atoms with van der Waals surface area (Å²) in [7, 11) is 1.42. The predicted octanol–water partition coefficient (Wildman–Crippen LogP) is 2.52. The van der Waals surface area contributed by atoms with Crippen molar-refractivity contribution in [3.8, 4) is 17.2 Å². The van der Waals surface area contributed by atoms with Crippen LogP contribution in [0.2, 0.25) is 0 Å². The molecule has 136 valence electrons. The highest BCUT2D eigenvalue weighted by atomic mass is 16.6. The van der Waals surface area contributed by atoms with Gasteiger partial charge in [-0.1, -0.05) is 18.2 Å². The van der Waals surface area contributed by atoms with E-state index in [1.165, 1.54) is 37.5 Å². The molecule has 7 heteroatoms. The normalized spacial score (nSPS) is 10.5. The molecule has 0 saturated carbocycles. The second kappa shape index (κ2) is 9.12. The Morgan fingerprint density at radius 1 is 1.00 bits per heavy atom. The van der Waals surface area contributed by atoms with Crippen molar-refractivity contribution in [2.45, 2.75) is 0 Å². The van der Waals surface area contributed by atoms with Crippen LogP contribution in [0.5, 0.6) is 17.2 Å². The van der Waals surface area contributed by atoms with E-state index in [4.69, 9.17) is 14.2 Å². The minimum absolute atomic E-state index is 0.00139. The predicted molar refractivity (Wildman–Crippen MR) is 93.0 cm³/mol. The number of hydrogen-bond acceptors (Lipinski definition) is 7. The third-order valence-corrected chi connectivity index (χ3v) is 3.30. The third-order valence-electron chi connectivity index (χ3n) is 3.30. The summed E-state index contributed by atoms with van der Waals surface area (Å²) in [6, 6.07) is 10.6. The third kappa shape index (κ3) is 5.27. The summed E-state index contributed by atoms with van der Waals surface area (Å²) in [4.78, 5) is 23.4. The van der Waals surface area contributed by atoms with E-state index in [2.05, 4.69) is 0 Å². The maximum atomic E-state index is 11.7. The van der Waals surface area contributed by atoms with E-state index in [-0.39, 0.29) is 36.0 Å². The number of carbonyl (C=O) groups excluding carboxylic acids is 2. The molecule has 0 bridgehead atoms. The molecule has 26 heavy (non-hydrogen) atoms. The van der Waals surface area contributed by atoms with Gasteiger partial charge in [0.2, 0.25) is 0 Å². The highest BCUT2D eigenvalue weighted by Crippen LogP contribution is 2.26. The standard InChI is InChI=1S/C19H18O7/c1-24-17-12-13(6-8-16(17)21)7-9-18(22)25-10-11-26-19(23)14-4-2-3-5-15(14)20/h2-9,12,20-21H,10-11H2,1H3/b9-7+. The van der Waals surface area contributed by atoms with Gasteiger partial charge in [0.15, 0.2) is 11.5 Å². The second-order valence-corrected chi connectivity index (χ2v) is 5.09. The highest BCUT2D eigenvalue weighted by molar-refractivity contribution is 5.92. The van der Waals surface area contributed by atoms with E-state index in [9.17, 15) is 19.8 Å². The zero-order chi connectivity index (χ0) is 18.9. The van der Waals surface area contributed by atoms with Crippen molar-refractivity contribution in [3.63, 3.8) is 0 Å². The van der Waals surface area contributed by atoms with Crippen LogP contribution in [0.4, 0.5) is 0 Å². The molecule has 7 nitrogen and oxygen atoms in total. The number of benzene rings is 2. The van der Waals surface area contributed by atoms with Crippen LogP contribution in [0.25, 0.3) is 6.08 Å². The fourth-order valence-corrected chi connectivity index (χ4v) is 2.01. The lowest BCUT2D eigenvalue weighted by molar-refractivity contribution is -0.138. The fraction of sp³-hybridized carbons (Fsp3) is 0.158. The van der Waals surface area contributed by atoms with E-state index < -0.39 is 11.9 Å². The Morgan fingerprint density at radius 3 is 2.46 bits per heavy atom. The van der Waals surface area contributed by atoms with E-state index in [0.717, 1.165) is 0 Å². The zero-order valence-electron chi connectivity index (χ0n) is 14.0. The molecule has 2 aromatic carbocycles. The Bertz CT molecular complexity index is 811. The van der Waals surface area contributed by atoms with Crippen LogP contribution in [-0.4, -0.2) is 42.5 Å².